The van der Waals surface area contributed by atoms with Crippen LogP contribution in [0.25, 0.3) is 0 Å². The van der Waals surface area contributed by atoms with Crippen LogP contribution in [0.15, 0.2) is 0 Å². The van der Waals surface area contributed by atoms with Gasteiger partial charge in [0.25, 0.3) is 0 Å². The van der Waals surface area contributed by atoms with E-state index in [1.165, 1.54) is 0 Å². The van der Waals surface area contributed by atoms with E-state index in [0.717, 1.165) is 12.8 Å². The molecule has 19 heavy (non-hydrogen) atoms. The van der Waals surface area contributed by atoms with Crippen molar-refractivity contribution in [1.29, 1.82) is 0 Å². The third kappa shape index (κ3) is 4.68. The highest BCUT2D eigenvalue weighted by molar-refractivity contribution is 4.99. The van der Waals surface area contributed by atoms with Crippen molar-refractivity contribution in [3.63, 3.8) is 0 Å². The molecule has 0 aliphatic carbocycles. The summed E-state index contributed by atoms with van der Waals surface area (Å²) in [5.74, 6) is 0. The minimum atomic E-state index is -0.841. The van der Waals surface area contributed by atoms with Gasteiger partial charge < -0.3 is 10.2 Å². The van der Waals surface area contributed by atoms with Crippen molar-refractivity contribution in [2.24, 2.45) is 0 Å². The Bertz CT molecular complexity index is 280. The lowest BCUT2D eigenvalue weighted by atomic mass is 9.79. The van der Waals surface area contributed by atoms with Gasteiger partial charge in [0, 0.05) is 17.1 Å². The van der Waals surface area contributed by atoms with Crippen LogP contribution in [-0.2, 0) is 4.84 Å². The van der Waals surface area contributed by atoms with Gasteiger partial charge >= 0.3 is 0 Å². The number of hydrogen-bond acceptors (Lipinski definition) is 5. The molecule has 0 amide bonds. The van der Waals surface area contributed by atoms with Crippen LogP contribution in [0, 0.1) is 0 Å². The highest BCUT2D eigenvalue weighted by Gasteiger charge is 2.46. The molecule has 114 valence electrons. The molecular formula is C14H30N2O3. The molecule has 5 nitrogen and oxygen atoms in total. The smallest absolute Gasteiger partial charge is 0.0967 e. The van der Waals surface area contributed by atoms with Crippen LogP contribution in [-0.4, -0.2) is 51.3 Å². The molecule has 0 atom stereocenters. The molecule has 1 aliphatic heterocycles. The summed E-state index contributed by atoms with van der Waals surface area (Å²) >= 11 is 0. The maximum Gasteiger partial charge on any atom is 0.0967 e. The summed E-state index contributed by atoms with van der Waals surface area (Å²) in [5.41, 5.74) is -1.15. The van der Waals surface area contributed by atoms with Crippen LogP contribution < -0.4 is 5.32 Å². The van der Waals surface area contributed by atoms with E-state index in [1.54, 1.807) is 13.8 Å². The second kappa shape index (κ2) is 5.66. The summed E-state index contributed by atoms with van der Waals surface area (Å²) in [4.78, 5) is 5.90. The van der Waals surface area contributed by atoms with Gasteiger partial charge in [-0.25, -0.2) is 0 Å². The minimum Gasteiger partial charge on any atom is -0.388 e. The second-order valence-electron chi connectivity index (χ2n) is 7.47. The van der Waals surface area contributed by atoms with Crippen molar-refractivity contribution in [3.8, 4) is 0 Å². The molecule has 0 aromatic carbocycles. The number of nitrogens with one attached hydrogen (secondary N) is 1. The Morgan fingerprint density at radius 1 is 1.21 bits per heavy atom. The molecule has 1 fully saturated rings. The first-order valence-corrected chi connectivity index (χ1v) is 6.98. The molecule has 5 heteroatoms. The van der Waals surface area contributed by atoms with E-state index in [4.69, 9.17) is 9.94 Å². The van der Waals surface area contributed by atoms with Crippen molar-refractivity contribution < 1.29 is 15.1 Å². The molecule has 3 N–H and O–H groups in total. The maximum absolute atomic E-state index is 9.83. The summed E-state index contributed by atoms with van der Waals surface area (Å²) < 4.78 is 0. The third-order valence-corrected chi connectivity index (χ3v) is 3.52. The number of aliphatic hydroxyl groups excluding tert-OH is 1. The van der Waals surface area contributed by atoms with Crippen molar-refractivity contribution in [1.82, 2.24) is 10.4 Å². The van der Waals surface area contributed by atoms with Crippen LogP contribution in [0.4, 0.5) is 0 Å². The fourth-order valence-corrected chi connectivity index (χ4v) is 3.11. The van der Waals surface area contributed by atoms with Gasteiger partial charge in [0.1, 0.15) is 0 Å². The zero-order chi connectivity index (χ0) is 14.9. The lowest BCUT2D eigenvalue weighted by Crippen LogP contribution is -2.64. The van der Waals surface area contributed by atoms with Crippen molar-refractivity contribution in [2.75, 3.05) is 13.3 Å². The quantitative estimate of drug-likeness (QED) is 0.659. The van der Waals surface area contributed by atoms with Crippen molar-refractivity contribution in [2.45, 2.75) is 77.1 Å². The number of hydrogen-bond donors (Lipinski definition) is 3. The summed E-state index contributed by atoms with van der Waals surface area (Å²) in [6, 6.07) is 0.275. The third-order valence-electron chi connectivity index (χ3n) is 3.52. The minimum absolute atomic E-state index is 0.00134. The van der Waals surface area contributed by atoms with Crippen LogP contribution in [0.3, 0.4) is 0 Å². The highest BCUT2D eigenvalue weighted by atomic mass is 16.7. The largest absolute Gasteiger partial charge is 0.388 e. The SMILES string of the molecule is CC(C)(O)CON1C(C)(C)CC(NCO)CC1(C)C. The van der Waals surface area contributed by atoms with E-state index >= 15 is 0 Å². The van der Waals surface area contributed by atoms with Crippen LogP contribution >= 0.6 is 0 Å². The van der Waals surface area contributed by atoms with Gasteiger partial charge in [0.05, 0.1) is 18.9 Å². The van der Waals surface area contributed by atoms with Crippen LogP contribution in [0.2, 0.25) is 0 Å². The predicted molar refractivity (Wildman–Crippen MR) is 75.5 cm³/mol. The number of hydroxylamine groups is 2. The van der Waals surface area contributed by atoms with Gasteiger partial charge in [-0.3, -0.25) is 10.2 Å². The standard InChI is InChI=1S/C14H30N2O3/c1-12(2)7-11(15-10-17)8-13(3,4)16(12)19-9-14(5,6)18/h11,15,17-18H,7-10H2,1-6H3. The summed E-state index contributed by atoms with van der Waals surface area (Å²) in [5, 5.41) is 24.0. The molecule has 0 aromatic rings. The number of aliphatic hydroxyl groups is 2. The van der Waals surface area contributed by atoms with Crippen molar-refractivity contribution in [3.05, 3.63) is 0 Å². The Labute approximate surface area is 116 Å². The molecule has 0 unspecified atom stereocenters. The fourth-order valence-electron chi connectivity index (χ4n) is 3.11. The Morgan fingerprint density at radius 3 is 2.05 bits per heavy atom. The normalized spacial score (nSPS) is 24.6. The molecule has 0 aromatic heterocycles. The molecule has 0 saturated carbocycles. The number of nitrogens with zero attached hydrogens (tertiary/aromatic N) is 1. The summed E-state index contributed by atoms with van der Waals surface area (Å²) in [6.45, 7) is 12.3. The first-order chi connectivity index (χ1) is 8.48. The number of piperidine rings is 1. The number of rotatable bonds is 5. The average molecular weight is 274 g/mol. The van der Waals surface area contributed by atoms with Gasteiger partial charge in [-0.1, -0.05) is 0 Å². The van der Waals surface area contributed by atoms with E-state index in [2.05, 4.69) is 33.0 Å². The molecule has 1 rings (SSSR count). The topological polar surface area (TPSA) is 65.0 Å². The van der Waals surface area contributed by atoms with E-state index in [1.807, 2.05) is 5.06 Å². The molecular weight excluding hydrogens is 244 g/mol. The maximum atomic E-state index is 9.83. The van der Waals surface area contributed by atoms with Gasteiger partial charge in [-0.2, -0.15) is 5.06 Å². The molecule has 1 heterocycles. The van der Waals surface area contributed by atoms with Crippen LogP contribution in [0.1, 0.15) is 54.4 Å². The lowest BCUT2D eigenvalue weighted by Gasteiger charge is -2.54. The molecule has 1 saturated heterocycles. The summed E-state index contributed by atoms with van der Waals surface area (Å²) in [6.07, 6.45) is 1.78. The average Bonchev–Trinajstić information content (AvgIpc) is 2.11. The van der Waals surface area contributed by atoms with Gasteiger partial charge in [-0.15, -0.1) is 0 Å². The van der Waals surface area contributed by atoms with Gasteiger partial charge in [0.15, 0.2) is 0 Å². The zero-order valence-corrected chi connectivity index (χ0v) is 13.2. The first-order valence-electron chi connectivity index (χ1n) is 6.98. The second-order valence-corrected chi connectivity index (χ2v) is 7.47. The monoisotopic (exact) mass is 274 g/mol. The Kier molecular flexibility index (Phi) is 5.02. The molecule has 1 aliphatic rings. The van der Waals surface area contributed by atoms with Gasteiger partial charge in [-0.05, 0) is 54.4 Å². The first kappa shape index (κ1) is 16.9. The van der Waals surface area contributed by atoms with E-state index in [-0.39, 0.29) is 30.5 Å². The van der Waals surface area contributed by atoms with E-state index < -0.39 is 5.60 Å². The Morgan fingerprint density at radius 2 is 1.68 bits per heavy atom. The van der Waals surface area contributed by atoms with Crippen molar-refractivity contribution >= 4 is 0 Å². The summed E-state index contributed by atoms with van der Waals surface area (Å²) in [7, 11) is 0. The Hall–Kier alpha value is -0.200. The van der Waals surface area contributed by atoms with Gasteiger partial charge in [0.2, 0.25) is 0 Å². The molecule has 0 bridgehead atoms. The molecule has 0 spiro atoms. The molecule has 0 radical (unpaired) electrons. The van der Waals surface area contributed by atoms with Crippen LogP contribution in [0.5, 0.6) is 0 Å². The van der Waals surface area contributed by atoms with E-state index in [0.29, 0.717) is 0 Å². The lowest BCUT2D eigenvalue weighted by molar-refractivity contribution is -0.299. The fraction of sp³-hybridized carbons (Fsp3) is 1.00. The Balaban J connectivity index is 2.79. The van der Waals surface area contributed by atoms with E-state index in [9.17, 15) is 5.11 Å². The highest BCUT2D eigenvalue weighted by Crippen LogP contribution is 2.38. The zero-order valence-electron chi connectivity index (χ0n) is 13.2. The predicted octanol–water partition coefficient (Wildman–Crippen LogP) is 1.25.